The molecule has 3 rings (SSSR count). The molecule has 1 aromatic heterocycles. The highest BCUT2D eigenvalue weighted by atomic mass is 19.4. The van der Waals surface area contributed by atoms with Crippen molar-refractivity contribution in [1.82, 2.24) is 9.55 Å². The third-order valence-corrected chi connectivity index (χ3v) is 4.98. The van der Waals surface area contributed by atoms with Crippen LogP contribution in [0.1, 0.15) is 22.5 Å². The van der Waals surface area contributed by atoms with Gasteiger partial charge in [-0.15, -0.1) is 0 Å². The number of aryl methyl sites for hydroxylation is 1. The Morgan fingerprint density at radius 3 is 1.97 bits per heavy atom. The standard InChI is InChI=1S/C19H11F10N3O2/c1-9-6-10(2-5-13(9)32(33)34)8-31-14-7-11(16(20,18(24,25)26)19(27,28)29)3-4-12(14)30-15(31)17(21,22)23/h2-7H,8H2,1H3. The summed E-state index contributed by atoms with van der Waals surface area (Å²) in [6.07, 6.45) is -18.1. The average Bonchev–Trinajstić information content (AvgIpc) is 3.03. The van der Waals surface area contributed by atoms with E-state index in [0.29, 0.717) is 6.07 Å². The van der Waals surface area contributed by atoms with Crippen molar-refractivity contribution >= 4 is 16.7 Å². The lowest BCUT2D eigenvalue weighted by Crippen LogP contribution is -2.50. The molecule has 34 heavy (non-hydrogen) atoms. The Hall–Kier alpha value is -3.39. The minimum atomic E-state index is -6.47. The molecule has 2 aromatic carbocycles. The first-order valence-corrected chi connectivity index (χ1v) is 9.02. The van der Waals surface area contributed by atoms with Gasteiger partial charge in [0.05, 0.1) is 16.0 Å². The molecule has 1 heterocycles. The molecule has 184 valence electrons. The summed E-state index contributed by atoms with van der Waals surface area (Å²) >= 11 is 0. The number of aromatic nitrogens is 2. The van der Waals surface area contributed by atoms with E-state index in [2.05, 4.69) is 4.98 Å². The molecule has 0 N–H and O–H groups in total. The van der Waals surface area contributed by atoms with Crippen LogP contribution in [0.2, 0.25) is 0 Å². The number of nitro benzene ring substituents is 1. The number of rotatable bonds is 4. The summed E-state index contributed by atoms with van der Waals surface area (Å²) in [5, 5.41) is 10.9. The largest absolute Gasteiger partial charge is 0.449 e. The van der Waals surface area contributed by atoms with E-state index in [4.69, 9.17) is 0 Å². The van der Waals surface area contributed by atoms with Crippen molar-refractivity contribution in [2.45, 2.75) is 37.7 Å². The van der Waals surface area contributed by atoms with Crippen molar-refractivity contribution in [3.8, 4) is 0 Å². The van der Waals surface area contributed by atoms with Crippen molar-refractivity contribution in [2.75, 3.05) is 0 Å². The molecule has 0 saturated carbocycles. The molecule has 0 radical (unpaired) electrons. The number of alkyl halides is 10. The highest BCUT2D eigenvalue weighted by Gasteiger charge is 2.73. The normalized spacial score (nSPS) is 13.5. The fraction of sp³-hybridized carbons (Fsp3) is 0.316. The first-order valence-electron chi connectivity index (χ1n) is 9.02. The monoisotopic (exact) mass is 503 g/mol. The van der Waals surface area contributed by atoms with Crippen LogP contribution in [0, 0.1) is 17.0 Å². The molecule has 0 fully saturated rings. The fourth-order valence-corrected chi connectivity index (χ4v) is 3.40. The predicted octanol–water partition coefficient (Wildman–Crippen LogP) is 6.61. The van der Waals surface area contributed by atoms with Crippen LogP contribution in [0.25, 0.3) is 11.0 Å². The van der Waals surface area contributed by atoms with Crippen molar-refractivity contribution in [2.24, 2.45) is 0 Å². The van der Waals surface area contributed by atoms with Gasteiger partial charge >= 0.3 is 24.2 Å². The van der Waals surface area contributed by atoms with E-state index in [-0.39, 0.29) is 33.5 Å². The van der Waals surface area contributed by atoms with Gasteiger partial charge in [0.2, 0.25) is 5.82 Å². The number of fused-ring (bicyclic) bond motifs is 1. The third kappa shape index (κ3) is 4.14. The molecule has 15 heteroatoms. The minimum absolute atomic E-state index is 0.00328. The Balaban J connectivity index is 2.26. The molecule has 5 nitrogen and oxygen atoms in total. The maximum atomic E-state index is 14.5. The van der Waals surface area contributed by atoms with E-state index in [1.807, 2.05) is 0 Å². The summed E-state index contributed by atoms with van der Waals surface area (Å²) in [5.74, 6) is -1.67. The van der Waals surface area contributed by atoms with Gasteiger partial charge < -0.3 is 4.57 Å². The summed E-state index contributed by atoms with van der Waals surface area (Å²) in [6, 6.07) is 3.66. The van der Waals surface area contributed by atoms with E-state index in [1.54, 1.807) is 0 Å². The first kappa shape index (κ1) is 25.2. The molecule has 0 unspecified atom stereocenters. The maximum Gasteiger partial charge on any atom is 0.449 e. The van der Waals surface area contributed by atoms with Crippen LogP contribution in [0.5, 0.6) is 0 Å². The van der Waals surface area contributed by atoms with Crippen LogP contribution in [0.15, 0.2) is 36.4 Å². The zero-order valence-corrected chi connectivity index (χ0v) is 16.6. The van der Waals surface area contributed by atoms with E-state index in [1.165, 1.54) is 6.92 Å². The first-order chi connectivity index (χ1) is 15.4. The number of nitro groups is 1. The average molecular weight is 503 g/mol. The second-order valence-electron chi connectivity index (χ2n) is 7.25. The molecular weight excluding hydrogens is 492 g/mol. The summed E-state index contributed by atoms with van der Waals surface area (Å²) < 4.78 is 134. The van der Waals surface area contributed by atoms with Gasteiger partial charge in [-0.2, -0.15) is 39.5 Å². The molecule has 3 aromatic rings. The lowest BCUT2D eigenvalue weighted by molar-refractivity contribution is -0.385. The topological polar surface area (TPSA) is 61.0 Å². The van der Waals surface area contributed by atoms with Gasteiger partial charge in [0.15, 0.2) is 0 Å². The van der Waals surface area contributed by atoms with Crippen LogP contribution in [0.3, 0.4) is 0 Å². The number of benzene rings is 2. The van der Waals surface area contributed by atoms with E-state index < -0.39 is 58.1 Å². The Kier molecular flexibility index (Phi) is 5.82. The molecule has 0 aliphatic carbocycles. The van der Waals surface area contributed by atoms with Crippen molar-refractivity contribution in [1.29, 1.82) is 0 Å². The van der Waals surface area contributed by atoms with Crippen molar-refractivity contribution in [3.05, 3.63) is 69.0 Å². The Morgan fingerprint density at radius 1 is 0.912 bits per heavy atom. The van der Waals surface area contributed by atoms with E-state index in [9.17, 15) is 54.0 Å². The molecule has 0 bridgehead atoms. The second-order valence-corrected chi connectivity index (χ2v) is 7.25. The van der Waals surface area contributed by atoms with Crippen LogP contribution in [0.4, 0.5) is 49.6 Å². The minimum Gasteiger partial charge on any atom is -0.316 e. The quantitative estimate of drug-likeness (QED) is 0.229. The summed E-state index contributed by atoms with van der Waals surface area (Å²) in [7, 11) is 0. The number of hydrogen-bond donors (Lipinski definition) is 0. The Morgan fingerprint density at radius 2 is 1.50 bits per heavy atom. The predicted molar refractivity (Wildman–Crippen MR) is 96.6 cm³/mol. The van der Waals surface area contributed by atoms with Gasteiger partial charge in [0.25, 0.3) is 5.69 Å². The summed E-state index contributed by atoms with van der Waals surface area (Å²) in [5.41, 5.74) is -9.65. The molecule has 0 amide bonds. The lowest BCUT2D eigenvalue weighted by Gasteiger charge is -2.30. The van der Waals surface area contributed by atoms with Crippen LogP contribution >= 0.6 is 0 Å². The van der Waals surface area contributed by atoms with Gasteiger partial charge in [-0.05, 0) is 30.7 Å². The zero-order valence-electron chi connectivity index (χ0n) is 16.6. The molecule has 0 aliphatic heterocycles. The van der Waals surface area contributed by atoms with E-state index in [0.717, 1.165) is 18.2 Å². The number of halogens is 10. The number of nitrogens with zero attached hydrogens (tertiary/aromatic N) is 3. The van der Waals surface area contributed by atoms with Gasteiger partial charge in [-0.3, -0.25) is 10.1 Å². The van der Waals surface area contributed by atoms with Crippen molar-refractivity contribution < 1.29 is 48.8 Å². The molecular formula is C19H11F10N3O2. The summed E-state index contributed by atoms with van der Waals surface area (Å²) in [6.45, 7) is 0.492. The lowest BCUT2D eigenvalue weighted by atomic mass is 9.94. The van der Waals surface area contributed by atoms with Gasteiger partial charge in [-0.25, -0.2) is 9.37 Å². The van der Waals surface area contributed by atoms with Gasteiger partial charge in [0, 0.05) is 23.7 Å². The zero-order chi connectivity index (χ0) is 25.9. The number of imidazole rings is 1. The second kappa shape index (κ2) is 7.84. The van der Waals surface area contributed by atoms with Gasteiger partial charge in [0.1, 0.15) is 0 Å². The van der Waals surface area contributed by atoms with Crippen LogP contribution < -0.4 is 0 Å². The Bertz CT molecular complexity index is 1240. The Labute approximate surface area is 182 Å². The molecule has 0 atom stereocenters. The van der Waals surface area contributed by atoms with Crippen LogP contribution in [-0.4, -0.2) is 26.8 Å². The van der Waals surface area contributed by atoms with Crippen molar-refractivity contribution in [3.63, 3.8) is 0 Å². The highest BCUT2D eigenvalue weighted by Crippen LogP contribution is 2.53. The van der Waals surface area contributed by atoms with E-state index >= 15 is 0 Å². The fourth-order valence-electron chi connectivity index (χ4n) is 3.40. The number of hydrogen-bond acceptors (Lipinski definition) is 3. The van der Waals surface area contributed by atoms with Crippen LogP contribution in [-0.2, 0) is 18.4 Å². The third-order valence-electron chi connectivity index (χ3n) is 4.98. The molecule has 0 aliphatic rings. The summed E-state index contributed by atoms with van der Waals surface area (Å²) in [4.78, 5) is 13.4. The van der Waals surface area contributed by atoms with Gasteiger partial charge in [-0.1, -0.05) is 12.1 Å². The molecule has 0 saturated heterocycles. The smallest absolute Gasteiger partial charge is 0.316 e. The SMILES string of the molecule is Cc1cc(Cn2c(C(F)(F)F)nc3ccc(C(F)(C(F)(F)F)C(F)(F)F)cc32)ccc1[N+](=O)[O-]. The maximum absolute atomic E-state index is 14.5. The highest BCUT2D eigenvalue weighted by molar-refractivity contribution is 5.77. The molecule has 0 spiro atoms.